The number of benzene rings is 2. The van der Waals surface area contributed by atoms with Gasteiger partial charge in [-0.15, -0.1) is 0 Å². The van der Waals surface area contributed by atoms with Crippen LogP contribution in [0, 0.1) is 5.82 Å². The van der Waals surface area contributed by atoms with Crippen LogP contribution in [0.4, 0.5) is 4.39 Å². The Hall–Kier alpha value is -2.82. The molecule has 33 heavy (non-hydrogen) atoms. The molecule has 3 heterocycles. The summed E-state index contributed by atoms with van der Waals surface area (Å²) < 4.78 is 45.6. The standard InChI is InChI=1S/C23H25FN4O4S/c24-18-3-6-20-21(15-18)26-22(25-20)16-7-9-27(10-8-16)23(29)17-1-4-19(5-2-17)33(30,31)28-11-13-32-14-12-28/h1-6,15-16H,7-14H2,(H,25,26). The summed E-state index contributed by atoms with van der Waals surface area (Å²) in [5, 5.41) is 0. The first kappa shape index (κ1) is 22.0. The molecule has 0 saturated carbocycles. The maximum atomic E-state index is 13.4. The molecule has 10 heteroatoms. The van der Waals surface area contributed by atoms with Crippen LogP contribution >= 0.6 is 0 Å². The molecule has 2 fully saturated rings. The Bertz CT molecular complexity index is 1260. The van der Waals surface area contributed by atoms with E-state index in [0.717, 1.165) is 24.2 Å². The summed E-state index contributed by atoms with van der Waals surface area (Å²) in [6, 6.07) is 10.6. The van der Waals surface area contributed by atoms with Crippen LogP contribution in [-0.4, -0.2) is 72.9 Å². The van der Waals surface area contributed by atoms with E-state index in [-0.39, 0.29) is 22.5 Å². The zero-order valence-corrected chi connectivity index (χ0v) is 18.9. The van der Waals surface area contributed by atoms with Crippen LogP contribution in [0.25, 0.3) is 11.0 Å². The third kappa shape index (κ3) is 4.38. The van der Waals surface area contributed by atoms with Gasteiger partial charge in [0.15, 0.2) is 0 Å². The van der Waals surface area contributed by atoms with Gasteiger partial charge in [-0.25, -0.2) is 17.8 Å². The fourth-order valence-corrected chi connectivity index (χ4v) is 5.85. The number of nitrogens with zero attached hydrogens (tertiary/aromatic N) is 3. The van der Waals surface area contributed by atoms with Crippen molar-refractivity contribution >= 4 is 27.0 Å². The molecule has 1 aromatic heterocycles. The Balaban J connectivity index is 1.23. The van der Waals surface area contributed by atoms with E-state index >= 15 is 0 Å². The monoisotopic (exact) mass is 472 g/mol. The van der Waals surface area contributed by atoms with Gasteiger partial charge in [0.05, 0.1) is 29.1 Å². The Morgan fingerprint density at radius 1 is 1.03 bits per heavy atom. The molecule has 1 amide bonds. The van der Waals surface area contributed by atoms with Crippen LogP contribution in [0.1, 0.15) is 34.9 Å². The summed E-state index contributed by atoms with van der Waals surface area (Å²) in [7, 11) is -3.59. The number of rotatable bonds is 4. The number of nitrogens with one attached hydrogen (secondary N) is 1. The number of morpholine rings is 1. The molecule has 0 radical (unpaired) electrons. The number of imidazole rings is 1. The fraction of sp³-hybridized carbons (Fsp3) is 0.391. The van der Waals surface area contributed by atoms with Crippen molar-refractivity contribution in [1.29, 1.82) is 0 Å². The van der Waals surface area contributed by atoms with Crippen molar-refractivity contribution in [2.75, 3.05) is 39.4 Å². The van der Waals surface area contributed by atoms with E-state index in [1.807, 2.05) is 0 Å². The largest absolute Gasteiger partial charge is 0.379 e. The molecule has 8 nitrogen and oxygen atoms in total. The maximum Gasteiger partial charge on any atom is 0.253 e. The molecule has 2 aromatic carbocycles. The van der Waals surface area contributed by atoms with Crippen LogP contribution in [-0.2, 0) is 14.8 Å². The number of piperidine rings is 1. The lowest BCUT2D eigenvalue weighted by Crippen LogP contribution is -2.40. The number of halogens is 1. The second-order valence-corrected chi connectivity index (χ2v) is 10.3. The van der Waals surface area contributed by atoms with Crippen LogP contribution < -0.4 is 0 Å². The number of sulfonamides is 1. The number of ether oxygens (including phenoxy) is 1. The van der Waals surface area contributed by atoms with E-state index in [1.165, 1.54) is 28.6 Å². The predicted octanol–water partition coefficient (Wildman–Crippen LogP) is 2.74. The highest BCUT2D eigenvalue weighted by molar-refractivity contribution is 7.89. The summed E-state index contributed by atoms with van der Waals surface area (Å²) in [6.45, 7) is 2.58. The van der Waals surface area contributed by atoms with Gasteiger partial charge >= 0.3 is 0 Å². The average molecular weight is 473 g/mol. The topological polar surface area (TPSA) is 95.6 Å². The van der Waals surface area contributed by atoms with E-state index in [1.54, 1.807) is 23.1 Å². The Labute approximate surface area is 191 Å². The van der Waals surface area contributed by atoms with Crippen LogP contribution in [0.3, 0.4) is 0 Å². The third-order valence-corrected chi connectivity index (χ3v) is 8.25. The van der Waals surface area contributed by atoms with Gasteiger partial charge < -0.3 is 14.6 Å². The first-order valence-corrected chi connectivity index (χ1v) is 12.5. The molecule has 2 saturated heterocycles. The smallest absolute Gasteiger partial charge is 0.253 e. The Morgan fingerprint density at radius 2 is 1.73 bits per heavy atom. The highest BCUT2D eigenvalue weighted by Crippen LogP contribution is 2.29. The van der Waals surface area contributed by atoms with Gasteiger partial charge in [-0.1, -0.05) is 0 Å². The first-order valence-electron chi connectivity index (χ1n) is 11.0. The van der Waals surface area contributed by atoms with E-state index in [2.05, 4.69) is 9.97 Å². The van der Waals surface area contributed by atoms with Crippen molar-refractivity contribution in [2.45, 2.75) is 23.7 Å². The van der Waals surface area contributed by atoms with Crippen molar-refractivity contribution in [3.8, 4) is 0 Å². The molecule has 5 rings (SSSR count). The van der Waals surface area contributed by atoms with Gasteiger partial charge in [0.1, 0.15) is 11.6 Å². The molecule has 0 unspecified atom stereocenters. The lowest BCUT2D eigenvalue weighted by Gasteiger charge is -2.31. The molecular formula is C23H25FN4O4S. The number of carbonyl (C=O) groups is 1. The zero-order chi connectivity index (χ0) is 23.0. The van der Waals surface area contributed by atoms with Crippen molar-refractivity contribution in [3.63, 3.8) is 0 Å². The predicted molar refractivity (Wildman–Crippen MR) is 120 cm³/mol. The summed E-state index contributed by atoms with van der Waals surface area (Å²) in [5.74, 6) is 0.572. The van der Waals surface area contributed by atoms with E-state index in [9.17, 15) is 17.6 Å². The van der Waals surface area contributed by atoms with Gasteiger partial charge in [0.25, 0.3) is 5.91 Å². The lowest BCUT2D eigenvalue weighted by atomic mass is 9.95. The number of aromatic amines is 1. The zero-order valence-electron chi connectivity index (χ0n) is 18.0. The maximum absolute atomic E-state index is 13.4. The Kier molecular flexibility index (Phi) is 5.90. The highest BCUT2D eigenvalue weighted by atomic mass is 32.2. The van der Waals surface area contributed by atoms with E-state index < -0.39 is 10.0 Å². The number of aromatic nitrogens is 2. The number of hydrogen-bond acceptors (Lipinski definition) is 5. The van der Waals surface area contributed by atoms with Gasteiger partial charge in [-0.05, 0) is 55.3 Å². The third-order valence-electron chi connectivity index (χ3n) is 6.34. The molecule has 2 aliphatic rings. The molecule has 3 aromatic rings. The SMILES string of the molecule is O=C(c1ccc(S(=O)(=O)N2CCOCC2)cc1)N1CCC(c2nc3ccc(F)cc3[nH]2)CC1. The molecule has 0 bridgehead atoms. The molecule has 174 valence electrons. The number of fused-ring (bicyclic) bond motifs is 1. The summed E-state index contributed by atoms with van der Waals surface area (Å²) in [6.07, 6.45) is 1.50. The molecule has 1 N–H and O–H groups in total. The fourth-order valence-electron chi connectivity index (χ4n) is 4.44. The number of H-pyrrole nitrogens is 1. The number of amides is 1. The summed E-state index contributed by atoms with van der Waals surface area (Å²) >= 11 is 0. The molecular weight excluding hydrogens is 447 g/mol. The highest BCUT2D eigenvalue weighted by Gasteiger charge is 2.28. The van der Waals surface area contributed by atoms with Crippen molar-refractivity contribution in [3.05, 3.63) is 59.7 Å². The van der Waals surface area contributed by atoms with Gasteiger partial charge in [-0.2, -0.15) is 4.31 Å². The van der Waals surface area contributed by atoms with Crippen molar-refractivity contribution < 1.29 is 22.3 Å². The second-order valence-electron chi connectivity index (χ2n) is 8.39. The molecule has 2 aliphatic heterocycles. The number of likely N-dealkylation sites (tertiary alicyclic amines) is 1. The van der Waals surface area contributed by atoms with E-state index in [0.29, 0.717) is 50.5 Å². The number of carbonyl (C=O) groups excluding carboxylic acids is 1. The second kappa shape index (κ2) is 8.85. The van der Waals surface area contributed by atoms with Gasteiger partial charge in [0.2, 0.25) is 10.0 Å². The van der Waals surface area contributed by atoms with Crippen molar-refractivity contribution in [2.24, 2.45) is 0 Å². The van der Waals surface area contributed by atoms with Gasteiger partial charge in [0, 0.05) is 37.7 Å². The average Bonchev–Trinajstić information content (AvgIpc) is 3.27. The summed E-state index contributed by atoms with van der Waals surface area (Å²) in [5.41, 5.74) is 1.88. The quantitative estimate of drug-likeness (QED) is 0.630. The molecule has 0 aliphatic carbocycles. The van der Waals surface area contributed by atoms with Crippen LogP contribution in [0.2, 0.25) is 0 Å². The minimum Gasteiger partial charge on any atom is -0.379 e. The number of hydrogen-bond donors (Lipinski definition) is 1. The molecule has 0 spiro atoms. The minimum atomic E-state index is -3.59. The van der Waals surface area contributed by atoms with Gasteiger partial charge in [-0.3, -0.25) is 4.79 Å². The summed E-state index contributed by atoms with van der Waals surface area (Å²) in [4.78, 5) is 22.7. The lowest BCUT2D eigenvalue weighted by molar-refractivity contribution is 0.0711. The normalized spacial score (nSPS) is 18.6. The van der Waals surface area contributed by atoms with E-state index in [4.69, 9.17) is 4.74 Å². The Morgan fingerprint density at radius 3 is 2.42 bits per heavy atom. The van der Waals surface area contributed by atoms with Crippen LogP contribution in [0.5, 0.6) is 0 Å². The van der Waals surface area contributed by atoms with Crippen molar-refractivity contribution in [1.82, 2.24) is 19.2 Å². The van der Waals surface area contributed by atoms with Crippen LogP contribution in [0.15, 0.2) is 47.4 Å². The minimum absolute atomic E-state index is 0.115. The molecule has 0 atom stereocenters. The first-order chi connectivity index (χ1) is 15.9.